The minimum absolute atomic E-state index is 0.0992. The van der Waals surface area contributed by atoms with Gasteiger partial charge in [0, 0.05) is 23.5 Å². The van der Waals surface area contributed by atoms with Crippen molar-refractivity contribution in [3.8, 4) is 5.75 Å². The summed E-state index contributed by atoms with van der Waals surface area (Å²) in [7, 11) is 0. The molecule has 1 aromatic heterocycles. The van der Waals surface area contributed by atoms with Gasteiger partial charge in [-0.1, -0.05) is 25.1 Å². The first-order valence-electron chi connectivity index (χ1n) is 11.3. The Morgan fingerprint density at radius 1 is 1.15 bits per heavy atom. The predicted octanol–water partition coefficient (Wildman–Crippen LogP) is 5.08. The largest absolute Gasteiger partial charge is 0.488 e. The average Bonchev–Trinajstić information content (AvgIpc) is 3.32. The van der Waals surface area contributed by atoms with Crippen LogP contribution >= 0.6 is 11.3 Å². The van der Waals surface area contributed by atoms with E-state index in [1.54, 1.807) is 40.5 Å². The highest BCUT2D eigenvalue weighted by Crippen LogP contribution is 2.34. The van der Waals surface area contributed by atoms with Gasteiger partial charge in [0.25, 0.3) is 5.91 Å². The number of hydrogen-bond acceptors (Lipinski definition) is 4. The maximum atomic E-state index is 14.1. The van der Waals surface area contributed by atoms with E-state index in [0.29, 0.717) is 25.9 Å². The van der Waals surface area contributed by atoms with Crippen molar-refractivity contribution in [2.75, 3.05) is 26.2 Å². The molecule has 1 aliphatic heterocycles. The Morgan fingerprint density at radius 3 is 2.74 bits per heavy atom. The molecule has 0 saturated carbocycles. The number of nitrogens with zero attached hydrogens (tertiary/aromatic N) is 2. The normalized spacial score (nSPS) is 15.0. The molecule has 34 heavy (non-hydrogen) atoms. The molecule has 0 spiro atoms. The van der Waals surface area contributed by atoms with Crippen LogP contribution in [0.2, 0.25) is 0 Å². The van der Waals surface area contributed by atoms with Gasteiger partial charge in [0.1, 0.15) is 19.0 Å². The fourth-order valence-corrected chi connectivity index (χ4v) is 5.11. The second-order valence-corrected chi connectivity index (χ2v) is 9.13. The summed E-state index contributed by atoms with van der Waals surface area (Å²) in [5.74, 6) is -1.44. The van der Waals surface area contributed by atoms with Crippen LogP contribution in [0, 0.1) is 11.6 Å². The molecule has 0 aliphatic carbocycles. The topological polar surface area (TPSA) is 49.9 Å². The minimum atomic E-state index is -0.500. The molecular formula is C26H26F2N2O3S. The van der Waals surface area contributed by atoms with Crippen LogP contribution in [-0.4, -0.2) is 47.9 Å². The van der Waals surface area contributed by atoms with E-state index in [4.69, 9.17) is 4.74 Å². The van der Waals surface area contributed by atoms with Crippen LogP contribution in [0.25, 0.3) is 0 Å². The van der Waals surface area contributed by atoms with Gasteiger partial charge in [0.2, 0.25) is 5.91 Å². The maximum Gasteiger partial charge on any atom is 0.254 e. The van der Waals surface area contributed by atoms with E-state index in [9.17, 15) is 18.4 Å². The summed E-state index contributed by atoms with van der Waals surface area (Å²) in [6.07, 6.45) is 1.36. The second kappa shape index (κ2) is 10.8. The smallest absolute Gasteiger partial charge is 0.254 e. The fraction of sp³-hybridized carbons (Fsp3) is 0.308. The Labute approximate surface area is 201 Å². The molecule has 0 N–H and O–H groups in total. The monoisotopic (exact) mass is 484 g/mol. The zero-order valence-corrected chi connectivity index (χ0v) is 19.7. The second-order valence-electron chi connectivity index (χ2n) is 8.13. The van der Waals surface area contributed by atoms with E-state index in [-0.39, 0.29) is 36.3 Å². The van der Waals surface area contributed by atoms with Crippen LogP contribution in [-0.2, 0) is 11.2 Å². The average molecular weight is 485 g/mol. The van der Waals surface area contributed by atoms with Crippen molar-refractivity contribution in [3.05, 3.63) is 87.6 Å². The third-order valence-corrected chi connectivity index (χ3v) is 6.82. The van der Waals surface area contributed by atoms with Gasteiger partial charge in [-0.3, -0.25) is 9.59 Å². The minimum Gasteiger partial charge on any atom is -0.488 e. The van der Waals surface area contributed by atoms with Crippen molar-refractivity contribution in [2.45, 2.75) is 25.8 Å². The number of rotatable bonds is 8. The van der Waals surface area contributed by atoms with E-state index >= 15 is 0 Å². The number of fused-ring (bicyclic) bond motifs is 1. The zero-order chi connectivity index (χ0) is 24.1. The number of carbonyl (C=O) groups is 2. The standard InChI is InChI=1S/C26H26F2N2O3S/c1-2-12-29(26(32)18-6-5-7-19(27)15-18)16-25(31)30-13-10-24-20(11-14-34-24)22(30)17-33-23-9-4-3-8-21(23)28/h3-9,11,14-15,22H,2,10,12-13,16-17H2,1H3/t22-/m1/s1. The molecule has 0 bridgehead atoms. The molecule has 1 aliphatic rings. The SMILES string of the molecule is CCCN(CC(=O)N1CCc2sccc2[C@H]1COc1ccccc1F)C(=O)c1cccc(F)c1. The van der Waals surface area contributed by atoms with Gasteiger partial charge >= 0.3 is 0 Å². The van der Waals surface area contributed by atoms with Gasteiger partial charge in [0.15, 0.2) is 11.6 Å². The van der Waals surface area contributed by atoms with Crippen LogP contribution in [0.5, 0.6) is 5.75 Å². The van der Waals surface area contributed by atoms with Gasteiger partial charge < -0.3 is 14.5 Å². The lowest BCUT2D eigenvalue weighted by molar-refractivity contribution is -0.135. The first-order chi connectivity index (χ1) is 16.5. The number of para-hydroxylation sites is 1. The summed E-state index contributed by atoms with van der Waals surface area (Å²) < 4.78 is 33.5. The Morgan fingerprint density at radius 2 is 1.97 bits per heavy atom. The number of halogens is 2. The molecule has 4 rings (SSSR count). The molecule has 0 saturated heterocycles. The molecular weight excluding hydrogens is 458 g/mol. The number of benzene rings is 2. The van der Waals surface area contributed by atoms with Gasteiger partial charge in [-0.25, -0.2) is 8.78 Å². The summed E-state index contributed by atoms with van der Waals surface area (Å²) in [5.41, 5.74) is 1.19. The fourth-order valence-electron chi connectivity index (χ4n) is 4.19. The highest BCUT2D eigenvalue weighted by Gasteiger charge is 2.33. The van der Waals surface area contributed by atoms with Crippen molar-refractivity contribution in [3.63, 3.8) is 0 Å². The first kappa shape index (κ1) is 23.9. The van der Waals surface area contributed by atoms with E-state index in [1.165, 1.54) is 34.0 Å². The lowest BCUT2D eigenvalue weighted by Gasteiger charge is -2.37. The Kier molecular flexibility index (Phi) is 7.57. The van der Waals surface area contributed by atoms with E-state index < -0.39 is 17.7 Å². The number of carbonyl (C=O) groups excluding carboxylic acids is 2. The summed E-state index contributed by atoms with van der Waals surface area (Å²) >= 11 is 1.63. The van der Waals surface area contributed by atoms with Crippen LogP contribution in [0.15, 0.2) is 60.0 Å². The van der Waals surface area contributed by atoms with Gasteiger partial charge in [-0.2, -0.15) is 0 Å². The number of amides is 2. The molecule has 0 unspecified atom stereocenters. The van der Waals surface area contributed by atoms with Crippen molar-refractivity contribution in [2.24, 2.45) is 0 Å². The van der Waals surface area contributed by atoms with E-state index in [2.05, 4.69) is 0 Å². The molecule has 2 aromatic carbocycles. The Balaban J connectivity index is 1.53. The van der Waals surface area contributed by atoms with Gasteiger partial charge in [-0.15, -0.1) is 11.3 Å². The quantitative estimate of drug-likeness (QED) is 0.448. The summed E-state index contributed by atoms with van der Waals surface area (Å²) in [5, 5.41) is 1.98. The van der Waals surface area contributed by atoms with E-state index in [1.807, 2.05) is 18.4 Å². The number of hydrogen-bond donors (Lipinski definition) is 0. The Bertz CT molecular complexity index is 1170. The molecule has 5 nitrogen and oxygen atoms in total. The highest BCUT2D eigenvalue weighted by molar-refractivity contribution is 7.10. The molecule has 2 heterocycles. The maximum absolute atomic E-state index is 14.1. The number of ether oxygens (including phenoxy) is 1. The predicted molar refractivity (Wildman–Crippen MR) is 127 cm³/mol. The van der Waals surface area contributed by atoms with Crippen LogP contribution in [0.1, 0.15) is 40.2 Å². The van der Waals surface area contributed by atoms with E-state index in [0.717, 1.165) is 5.56 Å². The van der Waals surface area contributed by atoms with Crippen molar-refractivity contribution >= 4 is 23.2 Å². The molecule has 8 heteroatoms. The van der Waals surface area contributed by atoms with Gasteiger partial charge in [-0.05, 0) is 60.2 Å². The lowest BCUT2D eigenvalue weighted by Crippen LogP contribution is -2.48. The third kappa shape index (κ3) is 5.28. The molecule has 3 aromatic rings. The molecule has 1 atom stereocenters. The van der Waals surface area contributed by atoms with Crippen LogP contribution < -0.4 is 4.74 Å². The molecule has 0 fully saturated rings. The zero-order valence-electron chi connectivity index (χ0n) is 18.9. The lowest BCUT2D eigenvalue weighted by atomic mass is 10.0. The number of thiophene rings is 1. The Hall–Kier alpha value is -3.26. The molecule has 2 amide bonds. The molecule has 0 radical (unpaired) electrons. The molecule has 178 valence electrons. The summed E-state index contributed by atoms with van der Waals surface area (Å²) in [4.78, 5) is 30.8. The third-order valence-electron chi connectivity index (χ3n) is 5.83. The summed E-state index contributed by atoms with van der Waals surface area (Å²) in [6, 6.07) is 13.2. The first-order valence-corrected chi connectivity index (χ1v) is 12.1. The van der Waals surface area contributed by atoms with Crippen molar-refractivity contribution in [1.29, 1.82) is 0 Å². The van der Waals surface area contributed by atoms with Crippen molar-refractivity contribution < 1.29 is 23.1 Å². The van der Waals surface area contributed by atoms with Crippen LogP contribution in [0.4, 0.5) is 8.78 Å². The van der Waals surface area contributed by atoms with Gasteiger partial charge in [0.05, 0.1) is 6.04 Å². The summed E-state index contributed by atoms with van der Waals surface area (Å²) in [6.45, 7) is 2.74. The van der Waals surface area contributed by atoms with Crippen molar-refractivity contribution in [1.82, 2.24) is 9.80 Å². The highest BCUT2D eigenvalue weighted by atomic mass is 32.1. The van der Waals surface area contributed by atoms with Crippen LogP contribution in [0.3, 0.4) is 0 Å².